The van der Waals surface area contributed by atoms with Crippen LogP contribution in [0.15, 0.2) is 23.6 Å². The number of nitrogens with one attached hydrogen (secondary N) is 2. The molecule has 4 amide bonds. The van der Waals surface area contributed by atoms with E-state index >= 15 is 0 Å². The molecule has 1 saturated carbocycles. The highest BCUT2D eigenvalue weighted by Crippen LogP contribution is 2.46. The van der Waals surface area contributed by atoms with Crippen LogP contribution in [0.1, 0.15) is 51.2 Å². The highest BCUT2D eigenvalue weighted by molar-refractivity contribution is 7.14. The SMILES string of the molecule is Cc1ccc(-c2csc(NC(=O)CN3C(=O)NC4(CC(C)CC(C)(C)C4)C3=O)n2)c(C)c1. The van der Waals surface area contributed by atoms with Gasteiger partial charge in [-0.25, -0.2) is 9.78 Å². The number of imide groups is 1. The maximum atomic E-state index is 13.2. The summed E-state index contributed by atoms with van der Waals surface area (Å²) >= 11 is 1.32. The number of aryl methyl sites for hydroxylation is 2. The lowest BCUT2D eigenvalue weighted by Crippen LogP contribution is -2.54. The number of hydrogen-bond acceptors (Lipinski definition) is 5. The Balaban J connectivity index is 1.44. The van der Waals surface area contributed by atoms with Crippen molar-refractivity contribution in [2.45, 2.75) is 59.4 Å². The molecule has 2 unspecified atom stereocenters. The second kappa shape index (κ2) is 7.99. The minimum absolute atomic E-state index is 0.0513. The van der Waals surface area contributed by atoms with Gasteiger partial charge in [0, 0.05) is 10.9 Å². The number of amides is 4. The van der Waals surface area contributed by atoms with Gasteiger partial charge in [0.2, 0.25) is 5.91 Å². The molecular weight excluding hydrogens is 424 g/mol. The third-order valence-corrected chi connectivity index (χ3v) is 7.09. The van der Waals surface area contributed by atoms with Gasteiger partial charge in [0.15, 0.2) is 5.13 Å². The van der Waals surface area contributed by atoms with Crippen molar-refractivity contribution in [1.29, 1.82) is 0 Å². The van der Waals surface area contributed by atoms with Crippen molar-refractivity contribution >= 4 is 34.3 Å². The molecule has 1 aliphatic carbocycles. The van der Waals surface area contributed by atoms with Crippen molar-refractivity contribution in [3.05, 3.63) is 34.7 Å². The molecule has 2 aromatic rings. The molecule has 0 bridgehead atoms. The van der Waals surface area contributed by atoms with E-state index in [0.29, 0.717) is 23.9 Å². The van der Waals surface area contributed by atoms with Gasteiger partial charge in [-0.15, -0.1) is 11.3 Å². The van der Waals surface area contributed by atoms with Gasteiger partial charge in [0.1, 0.15) is 12.1 Å². The molecule has 170 valence electrons. The molecule has 4 rings (SSSR count). The summed E-state index contributed by atoms with van der Waals surface area (Å²) in [7, 11) is 0. The van der Waals surface area contributed by atoms with Crippen molar-refractivity contribution in [2.75, 3.05) is 11.9 Å². The first-order valence-corrected chi connectivity index (χ1v) is 11.8. The van der Waals surface area contributed by atoms with Crippen molar-refractivity contribution in [3.8, 4) is 11.3 Å². The Morgan fingerprint density at radius 2 is 2.03 bits per heavy atom. The minimum Gasteiger partial charge on any atom is -0.323 e. The first-order valence-electron chi connectivity index (χ1n) is 11.0. The normalized spacial score (nSPS) is 24.7. The molecule has 2 N–H and O–H groups in total. The van der Waals surface area contributed by atoms with Crippen molar-refractivity contribution < 1.29 is 14.4 Å². The summed E-state index contributed by atoms with van der Waals surface area (Å²) in [5.74, 6) is -0.418. The van der Waals surface area contributed by atoms with E-state index in [2.05, 4.69) is 42.5 Å². The Kier molecular flexibility index (Phi) is 5.61. The number of anilines is 1. The number of rotatable bonds is 4. The van der Waals surface area contributed by atoms with E-state index in [9.17, 15) is 14.4 Å². The monoisotopic (exact) mass is 454 g/mol. The van der Waals surface area contributed by atoms with E-state index in [0.717, 1.165) is 28.1 Å². The van der Waals surface area contributed by atoms with Crippen LogP contribution in [0.2, 0.25) is 0 Å². The summed E-state index contributed by atoms with van der Waals surface area (Å²) in [6.45, 7) is 10.1. The zero-order chi connectivity index (χ0) is 23.3. The van der Waals surface area contributed by atoms with E-state index in [1.54, 1.807) is 0 Å². The fourth-order valence-corrected chi connectivity index (χ4v) is 6.23. The Bertz CT molecular complexity index is 1090. The number of carbonyl (C=O) groups is 3. The van der Waals surface area contributed by atoms with Crippen molar-refractivity contribution in [2.24, 2.45) is 11.3 Å². The number of nitrogens with zero attached hydrogens (tertiary/aromatic N) is 2. The number of benzene rings is 1. The molecular formula is C24H30N4O3S. The Morgan fingerprint density at radius 3 is 2.72 bits per heavy atom. The van der Waals surface area contributed by atoms with Crippen molar-refractivity contribution in [1.82, 2.24) is 15.2 Å². The van der Waals surface area contributed by atoms with Gasteiger partial charge >= 0.3 is 6.03 Å². The number of hydrogen-bond donors (Lipinski definition) is 2. The second-order valence-electron chi connectivity index (χ2n) is 10.2. The van der Waals surface area contributed by atoms with Crippen LogP contribution in [0.25, 0.3) is 11.3 Å². The van der Waals surface area contributed by atoms with Crippen LogP contribution in [-0.4, -0.2) is 39.8 Å². The molecule has 1 saturated heterocycles. The van der Waals surface area contributed by atoms with Gasteiger partial charge in [-0.1, -0.05) is 44.5 Å². The standard InChI is InChI=1S/C24H30N4O3S/c1-14-6-7-17(16(3)8-14)18-12-32-21(25-18)26-19(29)11-28-20(30)24(27-22(28)31)10-15(2)9-23(4,5)13-24/h6-8,12,15H,9-11,13H2,1-5H3,(H,27,31)(H,25,26,29). The zero-order valence-electron chi connectivity index (χ0n) is 19.2. The van der Waals surface area contributed by atoms with Crippen LogP contribution in [0, 0.1) is 25.2 Å². The van der Waals surface area contributed by atoms with E-state index in [-0.39, 0.29) is 17.9 Å². The van der Waals surface area contributed by atoms with Crippen LogP contribution in [0.3, 0.4) is 0 Å². The van der Waals surface area contributed by atoms with E-state index < -0.39 is 17.5 Å². The lowest BCUT2D eigenvalue weighted by molar-refractivity contribution is -0.136. The molecule has 2 fully saturated rings. The van der Waals surface area contributed by atoms with Crippen molar-refractivity contribution in [3.63, 3.8) is 0 Å². The number of carbonyl (C=O) groups excluding carboxylic acids is 3. The number of thiazole rings is 1. The van der Waals surface area contributed by atoms with Gasteiger partial charge in [-0.05, 0) is 50.0 Å². The molecule has 7 nitrogen and oxygen atoms in total. The lowest BCUT2D eigenvalue weighted by atomic mass is 9.64. The Morgan fingerprint density at radius 1 is 1.28 bits per heavy atom. The fraction of sp³-hybridized carbons (Fsp3) is 0.500. The summed E-state index contributed by atoms with van der Waals surface area (Å²) in [6.07, 6.45) is 2.19. The number of aromatic nitrogens is 1. The van der Waals surface area contributed by atoms with Crippen LogP contribution in [0.4, 0.5) is 9.93 Å². The van der Waals surface area contributed by atoms with E-state index in [1.165, 1.54) is 16.9 Å². The third kappa shape index (κ3) is 4.28. The highest BCUT2D eigenvalue weighted by Gasteiger charge is 2.56. The molecule has 1 aromatic carbocycles. The topological polar surface area (TPSA) is 91.4 Å². The summed E-state index contributed by atoms with van der Waals surface area (Å²) in [6, 6.07) is 5.64. The van der Waals surface area contributed by atoms with Crippen LogP contribution < -0.4 is 10.6 Å². The van der Waals surface area contributed by atoms with Gasteiger partial charge < -0.3 is 10.6 Å². The van der Waals surface area contributed by atoms with Gasteiger partial charge in [-0.2, -0.15) is 0 Å². The molecule has 32 heavy (non-hydrogen) atoms. The molecule has 1 aromatic heterocycles. The first kappa shape index (κ1) is 22.5. The molecule has 2 heterocycles. The fourth-order valence-electron chi connectivity index (χ4n) is 5.51. The predicted molar refractivity (Wildman–Crippen MR) is 125 cm³/mol. The summed E-state index contributed by atoms with van der Waals surface area (Å²) in [4.78, 5) is 44.1. The number of urea groups is 1. The molecule has 2 aliphatic rings. The smallest absolute Gasteiger partial charge is 0.323 e. The maximum absolute atomic E-state index is 13.2. The first-order chi connectivity index (χ1) is 15.0. The average Bonchev–Trinajstić information content (AvgIpc) is 3.18. The minimum atomic E-state index is -0.907. The second-order valence-corrected chi connectivity index (χ2v) is 11.0. The summed E-state index contributed by atoms with van der Waals surface area (Å²) < 4.78 is 0. The Labute approximate surface area is 192 Å². The quantitative estimate of drug-likeness (QED) is 0.666. The predicted octanol–water partition coefficient (Wildman–Crippen LogP) is 4.50. The molecule has 1 aliphatic heterocycles. The van der Waals surface area contributed by atoms with Crippen LogP contribution >= 0.6 is 11.3 Å². The molecule has 1 spiro atoms. The highest BCUT2D eigenvalue weighted by atomic mass is 32.1. The lowest BCUT2D eigenvalue weighted by Gasteiger charge is -2.43. The van der Waals surface area contributed by atoms with Crippen LogP contribution in [0.5, 0.6) is 0 Å². The third-order valence-electron chi connectivity index (χ3n) is 6.33. The average molecular weight is 455 g/mol. The summed E-state index contributed by atoms with van der Waals surface area (Å²) in [5.41, 5.74) is 3.13. The molecule has 0 radical (unpaired) electrons. The van der Waals surface area contributed by atoms with Gasteiger partial charge in [0.05, 0.1) is 5.69 Å². The maximum Gasteiger partial charge on any atom is 0.325 e. The molecule has 2 atom stereocenters. The van der Waals surface area contributed by atoms with E-state index in [4.69, 9.17) is 0 Å². The Hall–Kier alpha value is -2.74. The van der Waals surface area contributed by atoms with Gasteiger partial charge in [-0.3, -0.25) is 14.5 Å². The van der Waals surface area contributed by atoms with Gasteiger partial charge in [0.25, 0.3) is 5.91 Å². The van der Waals surface area contributed by atoms with Crippen LogP contribution in [-0.2, 0) is 9.59 Å². The molecule has 8 heteroatoms. The van der Waals surface area contributed by atoms with E-state index in [1.807, 2.05) is 31.4 Å². The largest absolute Gasteiger partial charge is 0.325 e. The summed E-state index contributed by atoms with van der Waals surface area (Å²) in [5, 5.41) is 7.98. The zero-order valence-corrected chi connectivity index (χ0v) is 20.1.